The molecule has 1 fully saturated rings. The van der Waals surface area contributed by atoms with Crippen LogP contribution in [0.3, 0.4) is 0 Å². The van der Waals surface area contributed by atoms with Crippen molar-refractivity contribution >= 4 is 0 Å². The van der Waals surface area contributed by atoms with Crippen molar-refractivity contribution in [1.82, 2.24) is 0 Å². The van der Waals surface area contributed by atoms with Crippen LogP contribution in [0.1, 0.15) is 46.6 Å². The fourth-order valence-corrected chi connectivity index (χ4v) is 2.32. The zero-order valence-electron chi connectivity index (χ0n) is 15.7. The summed E-state index contributed by atoms with van der Waals surface area (Å²) in [5.74, 6) is 0.294. The van der Waals surface area contributed by atoms with Gasteiger partial charge in [0.1, 0.15) is 11.9 Å². The highest BCUT2D eigenvalue weighted by molar-refractivity contribution is 5.41. The molecule has 1 saturated heterocycles. The van der Waals surface area contributed by atoms with Gasteiger partial charge in [-0.15, -0.1) is 0 Å². The Morgan fingerprint density at radius 1 is 1.29 bits per heavy atom. The first-order valence-corrected chi connectivity index (χ1v) is 8.77. The van der Waals surface area contributed by atoms with E-state index in [9.17, 15) is 5.11 Å². The summed E-state index contributed by atoms with van der Waals surface area (Å²) in [4.78, 5) is 0. The first-order valence-electron chi connectivity index (χ1n) is 8.77. The highest BCUT2D eigenvalue weighted by Crippen LogP contribution is 2.33. The van der Waals surface area contributed by atoms with E-state index in [1.165, 1.54) is 17.6 Å². The zero-order valence-corrected chi connectivity index (χ0v) is 15.7. The number of aromatic hydroxyl groups is 1. The number of benzene rings is 1. The lowest BCUT2D eigenvalue weighted by atomic mass is 9.77. The Bertz CT molecular complexity index is 523. The van der Waals surface area contributed by atoms with E-state index in [0.29, 0.717) is 25.1 Å². The van der Waals surface area contributed by atoms with Crippen LogP contribution in [0, 0.1) is 0 Å². The Kier molecular flexibility index (Phi) is 8.80. The molecule has 0 saturated carbocycles. The van der Waals surface area contributed by atoms with Gasteiger partial charge in [-0.1, -0.05) is 64.5 Å². The third-order valence-corrected chi connectivity index (χ3v) is 3.84. The van der Waals surface area contributed by atoms with Crippen molar-refractivity contribution in [1.29, 1.82) is 0 Å². The number of phenolic OH excluding ortho intramolecular Hbond substituents is 1. The molecule has 1 N–H and O–H groups in total. The second-order valence-corrected chi connectivity index (χ2v) is 6.52. The minimum atomic E-state index is -0.113. The predicted octanol–water partition coefficient (Wildman–Crippen LogP) is 5.00. The fourth-order valence-electron chi connectivity index (χ4n) is 2.32. The Morgan fingerprint density at radius 2 is 1.88 bits per heavy atom. The van der Waals surface area contributed by atoms with Crippen LogP contribution in [-0.4, -0.2) is 31.0 Å². The van der Waals surface area contributed by atoms with Gasteiger partial charge in [0.05, 0.1) is 19.8 Å². The third kappa shape index (κ3) is 6.90. The minimum absolute atomic E-state index is 0.113. The Hall–Kier alpha value is -1.58. The second-order valence-electron chi connectivity index (χ2n) is 6.52. The van der Waals surface area contributed by atoms with Gasteiger partial charge >= 0.3 is 0 Å². The van der Waals surface area contributed by atoms with Crippen molar-refractivity contribution in [2.24, 2.45) is 0 Å². The lowest BCUT2D eigenvalue weighted by Crippen LogP contribution is -2.19. The van der Waals surface area contributed by atoms with Crippen molar-refractivity contribution in [3.63, 3.8) is 0 Å². The summed E-state index contributed by atoms with van der Waals surface area (Å²) in [6.07, 6.45) is 7.83. The summed E-state index contributed by atoms with van der Waals surface area (Å²) < 4.78 is 10.6. The number of hydrogen-bond acceptors (Lipinski definition) is 3. The molecular weight excluding hydrogens is 300 g/mol. The molecule has 0 aliphatic carbocycles. The molecule has 3 heteroatoms. The molecule has 24 heavy (non-hydrogen) atoms. The molecule has 1 aliphatic heterocycles. The molecule has 1 atom stereocenters. The highest BCUT2D eigenvalue weighted by atomic mass is 16.6. The van der Waals surface area contributed by atoms with Crippen LogP contribution >= 0.6 is 0 Å². The van der Waals surface area contributed by atoms with E-state index >= 15 is 0 Å². The van der Waals surface area contributed by atoms with Gasteiger partial charge in [0.2, 0.25) is 0 Å². The molecule has 1 aliphatic rings. The van der Waals surface area contributed by atoms with Crippen LogP contribution in [0.25, 0.3) is 0 Å². The third-order valence-electron chi connectivity index (χ3n) is 3.84. The molecule has 1 heterocycles. The van der Waals surface area contributed by atoms with Gasteiger partial charge in [-0.05, 0) is 30.2 Å². The fraction of sp³-hybridized carbons (Fsp3) is 0.524. The monoisotopic (exact) mass is 332 g/mol. The molecule has 0 radical (unpaired) electrons. The van der Waals surface area contributed by atoms with E-state index in [4.69, 9.17) is 9.47 Å². The van der Waals surface area contributed by atoms with Crippen molar-refractivity contribution in [2.75, 3.05) is 19.8 Å². The van der Waals surface area contributed by atoms with Gasteiger partial charge in [0.25, 0.3) is 0 Å². The maximum atomic E-state index is 9.41. The van der Waals surface area contributed by atoms with E-state index in [0.717, 1.165) is 6.61 Å². The molecule has 0 spiro atoms. The average molecular weight is 332 g/mol. The number of allylic oxidation sites excluding steroid dienone is 3. The molecule has 0 amide bonds. The average Bonchev–Trinajstić information content (AvgIpc) is 3.36. The van der Waals surface area contributed by atoms with E-state index in [-0.39, 0.29) is 5.41 Å². The van der Waals surface area contributed by atoms with Crippen molar-refractivity contribution < 1.29 is 14.6 Å². The maximum absolute atomic E-state index is 9.41. The van der Waals surface area contributed by atoms with E-state index in [2.05, 4.69) is 39.8 Å². The van der Waals surface area contributed by atoms with Crippen molar-refractivity contribution in [3.05, 3.63) is 53.6 Å². The van der Waals surface area contributed by atoms with Gasteiger partial charge in [-0.3, -0.25) is 0 Å². The smallest absolute Gasteiger partial charge is 0.115 e. The van der Waals surface area contributed by atoms with Gasteiger partial charge < -0.3 is 14.6 Å². The molecule has 134 valence electrons. The standard InChI is InChI=1S/C18H24O3.C3H8/c1-4-14(6-5-11-20-12-17-13-21-17)18(2,3)15-7-9-16(19)10-8-15;1-3-2/h4-10,17,19H,11-13H2,1-3H3;3H2,1-2H3/b6-5-,14-4+;. The predicted molar refractivity (Wildman–Crippen MR) is 101 cm³/mol. The lowest BCUT2D eigenvalue weighted by molar-refractivity contribution is 0.141. The van der Waals surface area contributed by atoms with Crippen LogP contribution in [0.4, 0.5) is 0 Å². The Morgan fingerprint density at radius 3 is 2.38 bits per heavy atom. The molecule has 2 rings (SSSR count). The lowest BCUT2D eigenvalue weighted by Gasteiger charge is -2.27. The Labute approximate surface area is 147 Å². The summed E-state index contributed by atoms with van der Waals surface area (Å²) >= 11 is 0. The van der Waals surface area contributed by atoms with Crippen LogP contribution in [-0.2, 0) is 14.9 Å². The van der Waals surface area contributed by atoms with Crippen LogP contribution < -0.4 is 0 Å². The molecule has 0 aromatic heterocycles. The summed E-state index contributed by atoms with van der Waals surface area (Å²) in [6, 6.07) is 7.39. The van der Waals surface area contributed by atoms with Gasteiger partial charge in [0, 0.05) is 5.41 Å². The topological polar surface area (TPSA) is 42.0 Å². The van der Waals surface area contributed by atoms with Crippen LogP contribution in [0.15, 0.2) is 48.1 Å². The first-order chi connectivity index (χ1) is 11.5. The highest BCUT2D eigenvalue weighted by Gasteiger charge is 2.24. The van der Waals surface area contributed by atoms with Crippen molar-refractivity contribution in [2.45, 2.75) is 52.6 Å². The largest absolute Gasteiger partial charge is 0.508 e. The number of epoxide rings is 1. The first kappa shape index (κ1) is 20.5. The number of ether oxygens (including phenoxy) is 2. The van der Waals surface area contributed by atoms with E-state index < -0.39 is 0 Å². The van der Waals surface area contributed by atoms with Crippen molar-refractivity contribution in [3.8, 4) is 5.75 Å². The van der Waals surface area contributed by atoms with E-state index in [1.54, 1.807) is 12.1 Å². The normalized spacial score (nSPS) is 17.5. The molecule has 1 aromatic rings. The summed E-state index contributed by atoms with van der Waals surface area (Å²) in [5, 5.41) is 9.41. The minimum Gasteiger partial charge on any atom is -0.508 e. The molecule has 0 bridgehead atoms. The van der Waals surface area contributed by atoms with Gasteiger partial charge in [-0.2, -0.15) is 0 Å². The van der Waals surface area contributed by atoms with E-state index in [1.807, 2.05) is 25.1 Å². The van der Waals surface area contributed by atoms with Crippen LogP contribution in [0.2, 0.25) is 0 Å². The Balaban J connectivity index is 0.000000891. The zero-order chi connectivity index (χ0) is 18.0. The quantitative estimate of drug-likeness (QED) is 0.434. The number of hydrogen-bond donors (Lipinski definition) is 1. The summed E-state index contributed by atoms with van der Waals surface area (Å²) in [7, 11) is 0. The number of phenols is 1. The SMILES string of the molecule is C/C=C(\C=C/COCC1CO1)C(C)(C)c1ccc(O)cc1.CCC. The van der Waals surface area contributed by atoms with Gasteiger partial charge in [-0.25, -0.2) is 0 Å². The summed E-state index contributed by atoms with van der Waals surface area (Å²) in [5.41, 5.74) is 2.28. The molecule has 3 nitrogen and oxygen atoms in total. The summed E-state index contributed by atoms with van der Waals surface area (Å²) in [6.45, 7) is 12.8. The van der Waals surface area contributed by atoms with Crippen LogP contribution in [0.5, 0.6) is 5.75 Å². The molecule has 1 unspecified atom stereocenters. The molecular formula is C21H32O3. The second kappa shape index (κ2) is 10.3. The number of rotatable bonds is 7. The maximum Gasteiger partial charge on any atom is 0.115 e. The molecule has 1 aromatic carbocycles. The van der Waals surface area contributed by atoms with Gasteiger partial charge in [0.15, 0.2) is 0 Å².